The van der Waals surface area contributed by atoms with Crippen molar-refractivity contribution in [1.29, 1.82) is 0 Å². The Bertz CT molecular complexity index is 899. The molecular formula is C20H25Cl2FN6. The number of hydrazine groups is 1. The topological polar surface area (TPSA) is 106 Å². The van der Waals surface area contributed by atoms with Gasteiger partial charge in [-0.3, -0.25) is 0 Å². The number of nitrogens with zero attached hydrogens (tertiary/aromatic N) is 2. The lowest BCUT2D eigenvalue weighted by Crippen LogP contribution is -2.44. The summed E-state index contributed by atoms with van der Waals surface area (Å²) in [4.78, 5) is 4.24. The molecule has 9 heteroatoms. The molecule has 2 heterocycles. The Morgan fingerprint density at radius 2 is 2.00 bits per heavy atom. The zero-order valence-electron chi connectivity index (χ0n) is 16.0. The van der Waals surface area contributed by atoms with E-state index in [0.717, 1.165) is 37.1 Å². The molecule has 0 amide bonds. The zero-order valence-corrected chi connectivity index (χ0v) is 17.5. The van der Waals surface area contributed by atoms with E-state index in [2.05, 4.69) is 10.3 Å². The number of hydrogen-bond donors (Lipinski definition) is 4. The Morgan fingerprint density at radius 3 is 2.72 bits per heavy atom. The highest BCUT2D eigenvalue weighted by Gasteiger charge is 2.17. The number of nitrogen functional groups attached to an aromatic ring is 1. The van der Waals surface area contributed by atoms with Crippen molar-refractivity contribution in [2.45, 2.75) is 31.7 Å². The fourth-order valence-electron chi connectivity index (χ4n) is 3.38. The van der Waals surface area contributed by atoms with Gasteiger partial charge in [0.05, 0.1) is 10.7 Å². The second-order valence-electron chi connectivity index (χ2n) is 7.10. The number of aryl methyl sites for hydroxylation is 1. The van der Waals surface area contributed by atoms with Gasteiger partial charge in [-0.1, -0.05) is 23.2 Å². The highest BCUT2D eigenvalue weighted by Crippen LogP contribution is 2.29. The van der Waals surface area contributed by atoms with E-state index in [1.807, 2.05) is 6.07 Å². The molecule has 1 fully saturated rings. The third kappa shape index (κ3) is 5.30. The van der Waals surface area contributed by atoms with E-state index in [-0.39, 0.29) is 11.1 Å². The first-order valence-corrected chi connectivity index (χ1v) is 10.2. The van der Waals surface area contributed by atoms with Crippen molar-refractivity contribution in [2.75, 3.05) is 18.8 Å². The van der Waals surface area contributed by atoms with Crippen molar-refractivity contribution in [2.24, 2.45) is 11.6 Å². The SMILES string of the molecule is N/C(=C\N(N)C1CCNCC1)c1cnc(N)c(CCc2c(Cl)ccc(F)c2Cl)c1. The van der Waals surface area contributed by atoms with Gasteiger partial charge in [0, 0.05) is 29.0 Å². The zero-order chi connectivity index (χ0) is 21.0. The smallest absolute Gasteiger partial charge is 0.142 e. The van der Waals surface area contributed by atoms with Gasteiger partial charge in [0.2, 0.25) is 0 Å². The van der Waals surface area contributed by atoms with Crippen molar-refractivity contribution in [3.8, 4) is 0 Å². The predicted octanol–water partition coefficient (Wildman–Crippen LogP) is 3.08. The number of aromatic nitrogens is 1. The molecule has 1 aromatic carbocycles. The van der Waals surface area contributed by atoms with Gasteiger partial charge in [-0.25, -0.2) is 15.2 Å². The van der Waals surface area contributed by atoms with Gasteiger partial charge >= 0.3 is 0 Å². The number of hydrogen-bond acceptors (Lipinski definition) is 6. The molecule has 1 aromatic heterocycles. The highest BCUT2D eigenvalue weighted by atomic mass is 35.5. The molecule has 2 aromatic rings. The molecule has 0 atom stereocenters. The molecule has 0 spiro atoms. The number of benzene rings is 1. The minimum absolute atomic E-state index is 0.0281. The predicted molar refractivity (Wildman–Crippen MR) is 117 cm³/mol. The monoisotopic (exact) mass is 438 g/mol. The van der Waals surface area contributed by atoms with Crippen LogP contribution in [0.3, 0.4) is 0 Å². The largest absolute Gasteiger partial charge is 0.397 e. The number of nitrogens with one attached hydrogen (secondary N) is 1. The molecule has 0 bridgehead atoms. The first kappa shape index (κ1) is 21.6. The molecule has 0 unspecified atom stereocenters. The van der Waals surface area contributed by atoms with E-state index in [4.69, 9.17) is 40.5 Å². The number of pyridine rings is 1. The van der Waals surface area contributed by atoms with Crippen LogP contribution >= 0.6 is 23.2 Å². The minimum Gasteiger partial charge on any atom is -0.397 e. The Hall–Kier alpha value is -2.06. The maximum Gasteiger partial charge on any atom is 0.142 e. The first-order chi connectivity index (χ1) is 13.9. The van der Waals surface area contributed by atoms with Crippen LogP contribution < -0.4 is 22.6 Å². The van der Waals surface area contributed by atoms with Crippen LogP contribution in [-0.4, -0.2) is 29.1 Å². The van der Waals surface area contributed by atoms with Gasteiger partial charge in [-0.15, -0.1) is 0 Å². The molecule has 7 N–H and O–H groups in total. The molecular weight excluding hydrogens is 414 g/mol. The standard InChI is InChI=1S/C20H25Cl2FN6/c21-16-3-4-17(23)19(22)15(16)2-1-12-9-13(10-28-20(12)25)18(24)11-29(26)14-5-7-27-8-6-14/h3-4,9-11,14,27H,1-2,5-8,24,26H2,(H2,25,28)/b18-11-. The maximum atomic E-state index is 13.7. The molecule has 0 saturated carbocycles. The molecule has 3 rings (SSSR count). The molecule has 0 aliphatic carbocycles. The normalized spacial score (nSPS) is 15.5. The van der Waals surface area contributed by atoms with E-state index in [9.17, 15) is 4.39 Å². The molecule has 0 radical (unpaired) electrons. The molecule has 1 aliphatic rings. The summed E-state index contributed by atoms with van der Waals surface area (Å²) in [5.41, 5.74) is 14.8. The van der Waals surface area contributed by atoms with E-state index in [0.29, 0.717) is 34.9 Å². The Balaban J connectivity index is 1.76. The number of nitrogens with two attached hydrogens (primary N) is 3. The van der Waals surface area contributed by atoms with Crippen LogP contribution in [0.4, 0.5) is 10.2 Å². The Kier molecular flexibility index (Phi) is 7.18. The van der Waals surface area contributed by atoms with Gasteiger partial charge in [0.15, 0.2) is 0 Å². The summed E-state index contributed by atoms with van der Waals surface area (Å²) in [7, 11) is 0. The van der Waals surface area contributed by atoms with Gasteiger partial charge < -0.3 is 21.8 Å². The number of rotatable bonds is 6. The van der Waals surface area contributed by atoms with E-state index < -0.39 is 5.82 Å². The van der Waals surface area contributed by atoms with Crippen molar-refractivity contribution in [1.82, 2.24) is 15.3 Å². The summed E-state index contributed by atoms with van der Waals surface area (Å²) in [6.45, 7) is 1.87. The van der Waals surface area contributed by atoms with Crippen LogP contribution in [-0.2, 0) is 12.8 Å². The average Bonchev–Trinajstić information content (AvgIpc) is 2.72. The summed E-state index contributed by atoms with van der Waals surface area (Å²) in [5, 5.41) is 5.42. The van der Waals surface area contributed by atoms with Crippen LogP contribution in [0.5, 0.6) is 0 Å². The van der Waals surface area contributed by atoms with E-state index in [1.165, 1.54) is 12.1 Å². The molecule has 6 nitrogen and oxygen atoms in total. The lowest BCUT2D eigenvalue weighted by Gasteiger charge is -2.30. The summed E-state index contributed by atoms with van der Waals surface area (Å²) in [5.74, 6) is 6.06. The second-order valence-corrected chi connectivity index (χ2v) is 7.89. The Morgan fingerprint density at radius 1 is 1.28 bits per heavy atom. The van der Waals surface area contributed by atoms with Crippen molar-refractivity contribution in [3.63, 3.8) is 0 Å². The van der Waals surface area contributed by atoms with E-state index in [1.54, 1.807) is 17.4 Å². The summed E-state index contributed by atoms with van der Waals surface area (Å²) in [6, 6.07) is 4.85. The van der Waals surface area contributed by atoms with Gasteiger partial charge in [-0.05, 0) is 68.1 Å². The quantitative estimate of drug-likeness (QED) is 0.313. The lowest BCUT2D eigenvalue weighted by molar-refractivity contribution is 0.231. The Labute approximate surface area is 179 Å². The third-order valence-corrected chi connectivity index (χ3v) is 5.90. The van der Waals surface area contributed by atoms with Gasteiger partial charge in [0.1, 0.15) is 11.6 Å². The number of anilines is 1. The minimum atomic E-state index is -0.501. The fraction of sp³-hybridized carbons (Fsp3) is 0.350. The average molecular weight is 439 g/mol. The molecule has 1 aliphatic heterocycles. The molecule has 1 saturated heterocycles. The summed E-state index contributed by atoms with van der Waals surface area (Å²) in [6.07, 6.45) is 6.17. The first-order valence-electron chi connectivity index (χ1n) is 9.45. The number of halogens is 3. The van der Waals surface area contributed by atoms with Crippen molar-refractivity contribution in [3.05, 3.63) is 63.1 Å². The lowest BCUT2D eigenvalue weighted by atomic mass is 10.0. The summed E-state index contributed by atoms with van der Waals surface area (Å²) >= 11 is 12.2. The van der Waals surface area contributed by atoms with Crippen LogP contribution in [0, 0.1) is 5.82 Å². The van der Waals surface area contributed by atoms with Crippen LogP contribution in [0.25, 0.3) is 5.70 Å². The second kappa shape index (κ2) is 9.63. The van der Waals surface area contributed by atoms with Gasteiger partial charge in [0.25, 0.3) is 0 Å². The van der Waals surface area contributed by atoms with Crippen LogP contribution in [0.2, 0.25) is 10.0 Å². The van der Waals surface area contributed by atoms with Crippen LogP contribution in [0.1, 0.15) is 29.5 Å². The van der Waals surface area contributed by atoms with Crippen molar-refractivity contribution >= 4 is 34.7 Å². The molecule has 156 valence electrons. The van der Waals surface area contributed by atoms with Crippen molar-refractivity contribution < 1.29 is 4.39 Å². The van der Waals surface area contributed by atoms with Crippen LogP contribution in [0.15, 0.2) is 30.6 Å². The highest BCUT2D eigenvalue weighted by molar-refractivity contribution is 6.36. The molecule has 29 heavy (non-hydrogen) atoms. The summed E-state index contributed by atoms with van der Waals surface area (Å²) < 4.78 is 13.7. The van der Waals surface area contributed by atoms with E-state index >= 15 is 0 Å². The maximum absolute atomic E-state index is 13.7. The fourth-order valence-corrected chi connectivity index (χ4v) is 3.94. The third-order valence-electron chi connectivity index (χ3n) is 5.14. The van der Waals surface area contributed by atoms with Gasteiger partial charge in [-0.2, -0.15) is 0 Å². The number of piperidine rings is 1.